The first-order chi connectivity index (χ1) is 8.66. The van der Waals surface area contributed by atoms with E-state index >= 15 is 0 Å². The lowest BCUT2D eigenvalue weighted by molar-refractivity contribution is 0.471. The van der Waals surface area contributed by atoms with Gasteiger partial charge in [0.15, 0.2) is 0 Å². The molecule has 0 radical (unpaired) electrons. The third kappa shape index (κ3) is 3.82. The molecule has 0 heterocycles. The topological polar surface area (TPSA) is 32.6 Å². The fraction of sp³-hybridized carbons (Fsp3) is 0.500. The summed E-state index contributed by atoms with van der Waals surface area (Å²) in [5.41, 5.74) is 0.764. The van der Waals surface area contributed by atoms with Crippen molar-refractivity contribution in [2.24, 2.45) is 4.99 Å². The van der Waals surface area contributed by atoms with Crippen LogP contribution in [0.15, 0.2) is 26.1 Å². The van der Waals surface area contributed by atoms with Crippen LogP contribution in [0.4, 0.5) is 0 Å². The highest BCUT2D eigenvalue weighted by atomic mass is 79.9. The zero-order chi connectivity index (χ0) is 13.0. The third-order valence-corrected chi connectivity index (χ3v) is 4.37. The van der Waals surface area contributed by atoms with Crippen molar-refractivity contribution in [1.82, 2.24) is 0 Å². The van der Waals surface area contributed by atoms with Gasteiger partial charge in [-0.05, 0) is 40.9 Å². The number of phenols is 1. The maximum atomic E-state index is 9.95. The number of aliphatic imine (C=N–C) groups is 1. The van der Waals surface area contributed by atoms with E-state index in [1.165, 1.54) is 38.5 Å². The molecule has 0 unspecified atom stereocenters. The van der Waals surface area contributed by atoms with Crippen LogP contribution in [0, 0.1) is 0 Å². The van der Waals surface area contributed by atoms with Gasteiger partial charge in [-0.2, -0.15) is 0 Å². The molecule has 1 aromatic rings. The highest BCUT2D eigenvalue weighted by Gasteiger charge is 2.11. The molecule has 0 atom stereocenters. The lowest BCUT2D eigenvalue weighted by Gasteiger charge is -2.08. The van der Waals surface area contributed by atoms with Gasteiger partial charge in [-0.3, -0.25) is 4.99 Å². The zero-order valence-corrected chi connectivity index (χ0v) is 13.4. The van der Waals surface area contributed by atoms with Crippen molar-refractivity contribution in [3.63, 3.8) is 0 Å². The minimum Gasteiger partial charge on any atom is -0.506 e. The van der Waals surface area contributed by atoms with Gasteiger partial charge in [0.2, 0.25) is 0 Å². The van der Waals surface area contributed by atoms with Crippen molar-refractivity contribution in [1.29, 1.82) is 0 Å². The molecule has 1 aromatic carbocycles. The van der Waals surface area contributed by atoms with Crippen LogP contribution in [-0.4, -0.2) is 17.4 Å². The van der Waals surface area contributed by atoms with Crippen molar-refractivity contribution in [2.45, 2.75) is 44.6 Å². The fourth-order valence-electron chi connectivity index (χ4n) is 2.28. The lowest BCUT2D eigenvalue weighted by Crippen LogP contribution is -2.02. The Hall–Kier alpha value is -0.350. The van der Waals surface area contributed by atoms with E-state index in [9.17, 15) is 5.11 Å². The number of nitrogens with zero attached hydrogens (tertiary/aromatic N) is 1. The molecule has 2 rings (SSSR count). The first-order valence-electron chi connectivity index (χ1n) is 6.38. The van der Waals surface area contributed by atoms with Gasteiger partial charge in [0.1, 0.15) is 5.75 Å². The second-order valence-electron chi connectivity index (χ2n) is 4.75. The Labute approximate surface area is 125 Å². The van der Waals surface area contributed by atoms with E-state index in [1.54, 1.807) is 6.21 Å². The molecule has 0 aromatic heterocycles. The minimum atomic E-state index is 0.260. The molecule has 18 heavy (non-hydrogen) atoms. The van der Waals surface area contributed by atoms with Crippen LogP contribution in [0.3, 0.4) is 0 Å². The third-order valence-electron chi connectivity index (χ3n) is 3.31. The number of halogens is 2. The average Bonchev–Trinajstić information content (AvgIpc) is 2.60. The van der Waals surface area contributed by atoms with Gasteiger partial charge in [-0.25, -0.2) is 0 Å². The standard InChI is InChI=1S/C14H17Br2NO/c15-11-7-10(14(18)13(16)8-11)9-17-12-5-3-1-2-4-6-12/h7-9,12,18H,1-6H2. The van der Waals surface area contributed by atoms with E-state index in [0.717, 1.165) is 10.0 Å². The molecular formula is C14H17Br2NO. The van der Waals surface area contributed by atoms with Crippen LogP contribution in [0.25, 0.3) is 0 Å². The maximum Gasteiger partial charge on any atom is 0.138 e. The molecule has 0 aliphatic heterocycles. The summed E-state index contributed by atoms with van der Waals surface area (Å²) in [6.07, 6.45) is 9.37. The zero-order valence-electron chi connectivity index (χ0n) is 10.2. The van der Waals surface area contributed by atoms with Crippen LogP contribution in [0.5, 0.6) is 5.75 Å². The molecule has 2 nitrogen and oxygen atoms in total. The Morgan fingerprint density at radius 2 is 1.78 bits per heavy atom. The summed E-state index contributed by atoms with van der Waals surface area (Å²) in [6, 6.07) is 4.14. The Morgan fingerprint density at radius 1 is 1.11 bits per heavy atom. The predicted octanol–water partition coefficient (Wildman–Crippen LogP) is 5.06. The minimum absolute atomic E-state index is 0.260. The second-order valence-corrected chi connectivity index (χ2v) is 6.52. The van der Waals surface area contributed by atoms with Crippen LogP contribution in [-0.2, 0) is 0 Å². The molecule has 0 saturated heterocycles. The summed E-state index contributed by atoms with van der Waals surface area (Å²) in [5, 5.41) is 9.95. The van der Waals surface area contributed by atoms with Crippen molar-refractivity contribution < 1.29 is 5.11 Å². The Bertz CT molecular complexity index is 438. The number of aromatic hydroxyl groups is 1. The Kier molecular flexibility index (Phi) is 5.25. The van der Waals surface area contributed by atoms with Crippen molar-refractivity contribution in [3.8, 4) is 5.75 Å². The smallest absolute Gasteiger partial charge is 0.138 e. The van der Waals surface area contributed by atoms with Gasteiger partial charge < -0.3 is 5.11 Å². The molecule has 0 amide bonds. The first-order valence-corrected chi connectivity index (χ1v) is 7.96. The number of rotatable bonds is 2. The highest BCUT2D eigenvalue weighted by Crippen LogP contribution is 2.31. The van der Waals surface area contributed by atoms with Gasteiger partial charge >= 0.3 is 0 Å². The number of hydrogen-bond donors (Lipinski definition) is 1. The van der Waals surface area contributed by atoms with Crippen LogP contribution < -0.4 is 0 Å². The van der Waals surface area contributed by atoms with E-state index in [2.05, 4.69) is 36.9 Å². The molecule has 0 bridgehead atoms. The summed E-state index contributed by atoms with van der Waals surface area (Å²) < 4.78 is 1.63. The first kappa shape index (κ1) is 14.1. The Balaban J connectivity index is 2.12. The maximum absolute atomic E-state index is 9.95. The van der Waals surface area contributed by atoms with E-state index < -0.39 is 0 Å². The normalized spacial score (nSPS) is 18.1. The molecule has 1 N–H and O–H groups in total. The summed E-state index contributed by atoms with van der Waals surface area (Å²) >= 11 is 6.76. The summed E-state index contributed by atoms with van der Waals surface area (Å²) in [4.78, 5) is 4.63. The average molecular weight is 375 g/mol. The second kappa shape index (κ2) is 6.71. The summed E-state index contributed by atoms with van der Waals surface area (Å²) in [5.74, 6) is 0.260. The summed E-state index contributed by atoms with van der Waals surface area (Å²) in [6.45, 7) is 0. The predicted molar refractivity (Wildman–Crippen MR) is 82.6 cm³/mol. The number of phenolic OH excluding ortho intramolecular Hbond substituents is 1. The van der Waals surface area contributed by atoms with Gasteiger partial charge in [0, 0.05) is 22.3 Å². The SMILES string of the molecule is Oc1c(Br)cc(Br)cc1C=NC1CCCCCC1. The van der Waals surface area contributed by atoms with Crippen LogP contribution in [0.1, 0.15) is 44.1 Å². The van der Waals surface area contributed by atoms with E-state index in [-0.39, 0.29) is 5.75 Å². The van der Waals surface area contributed by atoms with Gasteiger partial charge in [-0.1, -0.05) is 41.6 Å². The van der Waals surface area contributed by atoms with Crippen LogP contribution >= 0.6 is 31.9 Å². The van der Waals surface area contributed by atoms with E-state index in [4.69, 9.17) is 0 Å². The molecular weight excluding hydrogens is 358 g/mol. The van der Waals surface area contributed by atoms with Gasteiger partial charge in [-0.15, -0.1) is 0 Å². The molecule has 1 aliphatic rings. The largest absolute Gasteiger partial charge is 0.506 e. The van der Waals surface area contributed by atoms with Crippen molar-refractivity contribution >= 4 is 38.1 Å². The Morgan fingerprint density at radius 3 is 2.44 bits per heavy atom. The van der Waals surface area contributed by atoms with Gasteiger partial charge in [0.05, 0.1) is 4.47 Å². The molecule has 1 fully saturated rings. The molecule has 4 heteroatoms. The van der Waals surface area contributed by atoms with Gasteiger partial charge in [0.25, 0.3) is 0 Å². The molecule has 98 valence electrons. The highest BCUT2D eigenvalue weighted by molar-refractivity contribution is 9.11. The van der Waals surface area contributed by atoms with Crippen molar-refractivity contribution in [2.75, 3.05) is 0 Å². The quantitative estimate of drug-likeness (QED) is 0.569. The fourth-order valence-corrected chi connectivity index (χ4v) is 3.54. The monoisotopic (exact) mass is 373 g/mol. The van der Waals surface area contributed by atoms with E-state index in [0.29, 0.717) is 10.5 Å². The molecule has 1 saturated carbocycles. The molecule has 0 spiro atoms. The number of hydrogen-bond acceptors (Lipinski definition) is 2. The summed E-state index contributed by atoms with van der Waals surface area (Å²) in [7, 11) is 0. The van der Waals surface area contributed by atoms with E-state index in [1.807, 2.05) is 12.1 Å². The molecule has 1 aliphatic carbocycles. The lowest BCUT2D eigenvalue weighted by atomic mass is 10.1. The van der Waals surface area contributed by atoms with Crippen molar-refractivity contribution in [3.05, 3.63) is 26.6 Å². The number of benzene rings is 1. The van der Waals surface area contributed by atoms with Crippen LogP contribution in [0.2, 0.25) is 0 Å².